The summed E-state index contributed by atoms with van der Waals surface area (Å²) in [5.74, 6) is -1.19. The highest BCUT2D eigenvalue weighted by atomic mass is 16.5. The first-order chi connectivity index (χ1) is 5.16. The van der Waals surface area contributed by atoms with Gasteiger partial charge in [0.05, 0.1) is 6.61 Å². The number of hydrogen-bond acceptors (Lipinski definition) is 3. The summed E-state index contributed by atoms with van der Waals surface area (Å²) in [6.45, 7) is 2.24. The van der Waals surface area contributed by atoms with Gasteiger partial charge in [-0.05, 0) is 6.42 Å². The van der Waals surface area contributed by atoms with Crippen molar-refractivity contribution in [3.05, 3.63) is 12.2 Å². The molecule has 0 atom stereocenters. The fraction of sp³-hybridized carbons (Fsp3) is 0.429. The Bertz CT molecular complexity index is 175. The molecule has 0 aromatic rings. The van der Waals surface area contributed by atoms with Gasteiger partial charge in [0.25, 0.3) is 0 Å². The molecule has 1 amide bonds. The summed E-state index contributed by atoms with van der Waals surface area (Å²) >= 11 is 0. The maximum absolute atomic E-state index is 10.6. The molecule has 11 heavy (non-hydrogen) atoms. The van der Waals surface area contributed by atoms with Gasteiger partial charge in [0.2, 0.25) is 5.91 Å². The van der Waals surface area contributed by atoms with Crippen LogP contribution in [-0.4, -0.2) is 18.5 Å². The lowest BCUT2D eigenvalue weighted by molar-refractivity contribution is -0.138. The van der Waals surface area contributed by atoms with Crippen LogP contribution in [0.4, 0.5) is 0 Å². The fourth-order valence-electron chi connectivity index (χ4n) is 0.401. The molecular formula is C7H11NO3. The van der Waals surface area contributed by atoms with Crippen LogP contribution in [0.3, 0.4) is 0 Å². The number of amides is 1. The van der Waals surface area contributed by atoms with Crippen LogP contribution >= 0.6 is 0 Å². The predicted octanol–water partition coefficient (Wildman–Crippen LogP) is -0.0189. The molecule has 4 heteroatoms. The largest absolute Gasteiger partial charge is 0.463 e. The van der Waals surface area contributed by atoms with E-state index in [9.17, 15) is 9.59 Å². The van der Waals surface area contributed by atoms with Crippen molar-refractivity contribution in [1.82, 2.24) is 0 Å². The molecule has 62 valence electrons. The van der Waals surface area contributed by atoms with Crippen LogP contribution in [0, 0.1) is 0 Å². The quantitative estimate of drug-likeness (QED) is 0.460. The van der Waals surface area contributed by atoms with Crippen LogP contribution in [0.1, 0.15) is 13.3 Å². The van der Waals surface area contributed by atoms with Gasteiger partial charge in [-0.3, -0.25) is 4.79 Å². The molecule has 0 radical (unpaired) electrons. The molecule has 0 bridgehead atoms. The molecule has 0 aliphatic carbocycles. The summed E-state index contributed by atoms with van der Waals surface area (Å²) in [5.41, 5.74) is 4.74. The first-order valence-corrected chi connectivity index (χ1v) is 3.31. The molecule has 0 spiro atoms. The number of ether oxygens (including phenoxy) is 1. The second-order valence-corrected chi connectivity index (χ2v) is 1.90. The van der Waals surface area contributed by atoms with Crippen molar-refractivity contribution in [3.8, 4) is 0 Å². The summed E-state index contributed by atoms with van der Waals surface area (Å²) in [6.07, 6.45) is 2.74. The number of rotatable bonds is 4. The van der Waals surface area contributed by atoms with E-state index in [1.807, 2.05) is 6.92 Å². The lowest BCUT2D eigenvalue weighted by Crippen LogP contribution is -2.08. The van der Waals surface area contributed by atoms with E-state index in [1.165, 1.54) is 0 Å². The molecule has 0 aromatic carbocycles. The normalized spacial score (nSPS) is 9.91. The van der Waals surface area contributed by atoms with Gasteiger partial charge in [-0.25, -0.2) is 4.79 Å². The molecule has 0 aliphatic heterocycles. The summed E-state index contributed by atoms with van der Waals surface area (Å²) < 4.78 is 4.61. The minimum Gasteiger partial charge on any atom is -0.463 e. The van der Waals surface area contributed by atoms with Crippen LogP contribution in [0.25, 0.3) is 0 Å². The van der Waals surface area contributed by atoms with Crippen molar-refractivity contribution in [1.29, 1.82) is 0 Å². The monoisotopic (exact) mass is 157 g/mol. The Morgan fingerprint density at radius 2 is 2.09 bits per heavy atom. The van der Waals surface area contributed by atoms with E-state index in [0.29, 0.717) is 6.61 Å². The molecule has 0 aliphatic rings. The molecule has 0 heterocycles. The van der Waals surface area contributed by atoms with E-state index in [1.54, 1.807) is 0 Å². The Hall–Kier alpha value is -1.32. The van der Waals surface area contributed by atoms with Crippen LogP contribution in [0.15, 0.2) is 12.2 Å². The topological polar surface area (TPSA) is 69.4 Å². The summed E-state index contributed by atoms with van der Waals surface area (Å²) in [7, 11) is 0. The van der Waals surface area contributed by atoms with E-state index in [2.05, 4.69) is 4.74 Å². The first-order valence-electron chi connectivity index (χ1n) is 3.31. The molecule has 0 unspecified atom stereocenters. The minimum absolute atomic E-state index is 0.363. The van der Waals surface area contributed by atoms with E-state index >= 15 is 0 Å². The standard InChI is InChI=1S/C7H11NO3/c1-2-5-11-7(10)4-3-6(8)9/h3-4H,2,5H2,1H3,(H2,8,9)/b4-3-. The van der Waals surface area contributed by atoms with Crippen molar-refractivity contribution in [2.24, 2.45) is 5.73 Å². The van der Waals surface area contributed by atoms with Crippen LogP contribution in [-0.2, 0) is 14.3 Å². The van der Waals surface area contributed by atoms with Crippen molar-refractivity contribution >= 4 is 11.9 Å². The molecule has 0 aromatic heterocycles. The zero-order valence-electron chi connectivity index (χ0n) is 6.37. The van der Waals surface area contributed by atoms with Gasteiger partial charge in [0, 0.05) is 12.2 Å². The molecule has 0 saturated heterocycles. The number of carbonyl (C=O) groups excluding carboxylic acids is 2. The Kier molecular flexibility index (Phi) is 4.81. The smallest absolute Gasteiger partial charge is 0.330 e. The molecule has 0 fully saturated rings. The maximum atomic E-state index is 10.6. The number of nitrogens with two attached hydrogens (primary N) is 1. The molecule has 2 N–H and O–H groups in total. The maximum Gasteiger partial charge on any atom is 0.330 e. The number of esters is 1. The van der Waals surface area contributed by atoms with E-state index < -0.39 is 11.9 Å². The Morgan fingerprint density at radius 3 is 2.55 bits per heavy atom. The van der Waals surface area contributed by atoms with E-state index in [0.717, 1.165) is 18.6 Å². The lowest BCUT2D eigenvalue weighted by Gasteiger charge is -1.95. The number of carbonyl (C=O) groups is 2. The molecular weight excluding hydrogens is 146 g/mol. The Labute approximate surface area is 65.0 Å². The van der Waals surface area contributed by atoms with Gasteiger partial charge in [-0.15, -0.1) is 0 Å². The lowest BCUT2D eigenvalue weighted by atomic mass is 10.5. The predicted molar refractivity (Wildman–Crippen MR) is 39.6 cm³/mol. The van der Waals surface area contributed by atoms with Gasteiger partial charge in [-0.2, -0.15) is 0 Å². The van der Waals surface area contributed by atoms with E-state index in [4.69, 9.17) is 5.73 Å². The van der Waals surface area contributed by atoms with Gasteiger partial charge in [-0.1, -0.05) is 6.92 Å². The third-order valence-electron chi connectivity index (χ3n) is 0.832. The van der Waals surface area contributed by atoms with Gasteiger partial charge >= 0.3 is 5.97 Å². The minimum atomic E-state index is -0.654. The Morgan fingerprint density at radius 1 is 1.45 bits per heavy atom. The first kappa shape index (κ1) is 9.68. The Balaban J connectivity index is 3.60. The zero-order valence-corrected chi connectivity index (χ0v) is 6.37. The van der Waals surface area contributed by atoms with Gasteiger partial charge in [0.15, 0.2) is 0 Å². The third kappa shape index (κ3) is 6.57. The molecule has 4 nitrogen and oxygen atoms in total. The van der Waals surface area contributed by atoms with Crippen molar-refractivity contribution in [3.63, 3.8) is 0 Å². The SMILES string of the molecule is CCCOC(=O)/C=C\C(N)=O. The highest BCUT2D eigenvalue weighted by Gasteiger charge is 1.94. The van der Waals surface area contributed by atoms with Crippen LogP contribution in [0.5, 0.6) is 0 Å². The average Bonchev–Trinajstić information content (AvgIpc) is 1.97. The second-order valence-electron chi connectivity index (χ2n) is 1.90. The van der Waals surface area contributed by atoms with Gasteiger partial charge in [0.1, 0.15) is 0 Å². The van der Waals surface area contributed by atoms with Crippen LogP contribution in [0.2, 0.25) is 0 Å². The van der Waals surface area contributed by atoms with Crippen molar-refractivity contribution < 1.29 is 14.3 Å². The van der Waals surface area contributed by atoms with Gasteiger partial charge < -0.3 is 10.5 Å². The summed E-state index contributed by atoms with van der Waals surface area (Å²) in [6, 6.07) is 0. The third-order valence-corrected chi connectivity index (χ3v) is 0.832. The average molecular weight is 157 g/mol. The van der Waals surface area contributed by atoms with E-state index in [-0.39, 0.29) is 0 Å². The summed E-state index contributed by atoms with van der Waals surface area (Å²) in [4.78, 5) is 20.7. The second kappa shape index (κ2) is 5.46. The molecule has 0 rings (SSSR count). The zero-order chi connectivity index (χ0) is 8.69. The van der Waals surface area contributed by atoms with Crippen LogP contribution < -0.4 is 5.73 Å². The van der Waals surface area contributed by atoms with Crippen molar-refractivity contribution in [2.75, 3.05) is 6.61 Å². The van der Waals surface area contributed by atoms with Crippen molar-refractivity contribution in [2.45, 2.75) is 13.3 Å². The molecule has 0 saturated carbocycles. The fourth-order valence-corrected chi connectivity index (χ4v) is 0.401. The highest BCUT2D eigenvalue weighted by molar-refractivity contribution is 5.93. The number of primary amides is 1. The summed E-state index contributed by atoms with van der Waals surface area (Å²) in [5, 5.41) is 0. The number of hydrogen-bond donors (Lipinski definition) is 1. The highest BCUT2D eigenvalue weighted by Crippen LogP contribution is 1.83.